The van der Waals surface area contributed by atoms with Crippen molar-refractivity contribution in [1.82, 2.24) is 0 Å². The molecule has 0 radical (unpaired) electrons. The molecule has 0 aliphatic carbocycles. The third kappa shape index (κ3) is 2.69. The first-order chi connectivity index (χ1) is 5.95. The maximum absolute atomic E-state index is 12.3. The summed E-state index contributed by atoms with van der Waals surface area (Å²) in [4.78, 5) is -0.0430. The van der Waals surface area contributed by atoms with Crippen LogP contribution >= 0.6 is 33.3 Å². The molecule has 0 nitrogen and oxygen atoms in total. The lowest BCUT2D eigenvalue weighted by atomic mass is 10.2. The van der Waals surface area contributed by atoms with Crippen LogP contribution < -0.4 is 0 Å². The van der Waals surface area contributed by atoms with Gasteiger partial charge in [-0.2, -0.15) is 13.2 Å². The van der Waals surface area contributed by atoms with E-state index in [-0.39, 0.29) is 9.92 Å². The van der Waals surface area contributed by atoms with Crippen molar-refractivity contribution < 1.29 is 13.2 Å². The summed E-state index contributed by atoms with van der Waals surface area (Å²) in [6.07, 6.45) is -4.41. The monoisotopic (exact) mass is 246 g/mol. The molecule has 0 fully saturated rings. The van der Waals surface area contributed by atoms with Crippen LogP contribution in [0, 0.1) is 0 Å². The van der Waals surface area contributed by atoms with Crippen LogP contribution in [0.3, 0.4) is 0 Å². The maximum atomic E-state index is 12.3. The van der Waals surface area contributed by atoms with Gasteiger partial charge in [0.25, 0.3) is 0 Å². The fourth-order valence-corrected chi connectivity index (χ4v) is 1.74. The third-order valence-electron chi connectivity index (χ3n) is 1.33. The van der Waals surface area contributed by atoms with Crippen LogP contribution in [0.25, 0.3) is 0 Å². The van der Waals surface area contributed by atoms with E-state index < -0.39 is 11.7 Å². The number of hydrogen-bond acceptors (Lipinski definition) is 1. The fourth-order valence-electron chi connectivity index (χ4n) is 0.791. The molecule has 0 bridgehead atoms. The van der Waals surface area contributed by atoms with Gasteiger partial charge in [-0.25, -0.2) is 0 Å². The van der Waals surface area contributed by atoms with E-state index in [4.69, 9.17) is 22.3 Å². The highest BCUT2D eigenvalue weighted by atomic mass is 35.7. The number of alkyl halides is 3. The lowest BCUT2D eigenvalue weighted by Crippen LogP contribution is -2.06. The van der Waals surface area contributed by atoms with E-state index >= 15 is 0 Å². The summed E-state index contributed by atoms with van der Waals surface area (Å²) in [6, 6.07) is 3.45. The SMILES string of the molecule is FC(F)(F)c1cc(Cl)ccc1SCl. The lowest BCUT2D eigenvalue weighted by molar-refractivity contribution is -0.139. The average molecular weight is 247 g/mol. The van der Waals surface area contributed by atoms with Crippen molar-refractivity contribution in [3.63, 3.8) is 0 Å². The van der Waals surface area contributed by atoms with Crippen LogP contribution in [0.15, 0.2) is 23.1 Å². The van der Waals surface area contributed by atoms with E-state index in [2.05, 4.69) is 0 Å². The molecule has 1 rings (SSSR count). The van der Waals surface area contributed by atoms with Gasteiger partial charge in [-0.3, -0.25) is 0 Å². The molecule has 0 heterocycles. The molecule has 0 aliphatic rings. The van der Waals surface area contributed by atoms with Crippen molar-refractivity contribution >= 4 is 33.3 Å². The first-order valence-electron chi connectivity index (χ1n) is 3.10. The van der Waals surface area contributed by atoms with Crippen molar-refractivity contribution in [2.75, 3.05) is 0 Å². The largest absolute Gasteiger partial charge is 0.417 e. The Labute approximate surface area is 86.5 Å². The first-order valence-corrected chi connectivity index (χ1v) is 5.12. The van der Waals surface area contributed by atoms with Crippen molar-refractivity contribution in [3.8, 4) is 0 Å². The first kappa shape index (κ1) is 11.0. The Morgan fingerprint density at radius 2 is 1.85 bits per heavy atom. The zero-order valence-corrected chi connectivity index (χ0v) is 8.36. The quantitative estimate of drug-likeness (QED) is 0.698. The van der Waals surface area contributed by atoms with E-state index in [9.17, 15) is 13.2 Å². The smallest absolute Gasteiger partial charge is 0.166 e. The summed E-state index contributed by atoms with van der Waals surface area (Å²) in [5, 5.41) is 0.0433. The molecule has 0 N–H and O–H groups in total. The molecule has 1 aromatic carbocycles. The highest BCUT2D eigenvalue weighted by Gasteiger charge is 2.33. The van der Waals surface area contributed by atoms with E-state index in [0.717, 1.165) is 6.07 Å². The Balaban J connectivity index is 3.24. The Morgan fingerprint density at radius 1 is 1.23 bits per heavy atom. The van der Waals surface area contributed by atoms with Gasteiger partial charge in [0.05, 0.1) is 5.56 Å². The Kier molecular flexibility index (Phi) is 3.38. The molecule has 0 aliphatic heterocycles. The van der Waals surface area contributed by atoms with E-state index in [1.54, 1.807) is 0 Å². The van der Waals surface area contributed by atoms with E-state index in [0.29, 0.717) is 11.0 Å². The summed E-state index contributed by atoms with van der Waals surface area (Å²) in [5.74, 6) is 0. The zero-order valence-electron chi connectivity index (χ0n) is 6.03. The normalized spacial score (nSPS) is 11.8. The van der Waals surface area contributed by atoms with Crippen LogP contribution in [0.5, 0.6) is 0 Å². The molecule has 72 valence electrons. The molecule has 0 atom stereocenters. The van der Waals surface area contributed by atoms with Crippen LogP contribution in [0.2, 0.25) is 5.02 Å². The summed E-state index contributed by atoms with van der Waals surface area (Å²) in [6.45, 7) is 0. The molecule has 0 saturated carbocycles. The molecule has 0 spiro atoms. The predicted octanol–water partition coefficient (Wildman–Crippen LogP) is 4.60. The van der Waals surface area contributed by atoms with Crippen LogP contribution in [0.1, 0.15) is 5.56 Å². The summed E-state index contributed by atoms with van der Waals surface area (Å²) < 4.78 is 36.9. The standard InChI is InChI=1S/C7H3Cl2F3S/c8-4-1-2-6(13-9)5(3-4)7(10,11)12/h1-3H. The van der Waals surface area contributed by atoms with E-state index in [1.807, 2.05) is 0 Å². The fraction of sp³-hybridized carbons (Fsp3) is 0.143. The lowest BCUT2D eigenvalue weighted by Gasteiger charge is -2.10. The van der Waals surface area contributed by atoms with Crippen molar-refractivity contribution in [1.29, 1.82) is 0 Å². The second-order valence-electron chi connectivity index (χ2n) is 2.22. The van der Waals surface area contributed by atoms with Gasteiger partial charge in [0.2, 0.25) is 0 Å². The van der Waals surface area contributed by atoms with Gasteiger partial charge in [-0.05, 0) is 39.9 Å². The van der Waals surface area contributed by atoms with Crippen LogP contribution in [0.4, 0.5) is 13.2 Å². The minimum absolute atomic E-state index is 0.0430. The predicted molar refractivity (Wildman–Crippen MR) is 48.2 cm³/mol. The molecular weight excluding hydrogens is 244 g/mol. The van der Waals surface area contributed by atoms with Gasteiger partial charge in [0, 0.05) is 9.92 Å². The number of halogens is 5. The zero-order chi connectivity index (χ0) is 10.1. The second kappa shape index (κ2) is 3.98. The third-order valence-corrected chi connectivity index (χ3v) is 2.59. The summed E-state index contributed by atoms with van der Waals surface area (Å²) in [7, 11) is 5.79. The highest BCUT2D eigenvalue weighted by molar-refractivity contribution is 8.21. The minimum atomic E-state index is -4.41. The van der Waals surface area contributed by atoms with Gasteiger partial charge in [-0.1, -0.05) is 11.6 Å². The number of rotatable bonds is 1. The van der Waals surface area contributed by atoms with Gasteiger partial charge in [-0.15, -0.1) is 0 Å². The Morgan fingerprint density at radius 3 is 2.31 bits per heavy atom. The molecule has 0 amide bonds. The van der Waals surface area contributed by atoms with Gasteiger partial charge < -0.3 is 0 Å². The van der Waals surface area contributed by atoms with Crippen molar-refractivity contribution in [2.45, 2.75) is 11.1 Å². The summed E-state index contributed by atoms with van der Waals surface area (Å²) >= 11 is 5.43. The van der Waals surface area contributed by atoms with Gasteiger partial charge >= 0.3 is 6.18 Å². The second-order valence-corrected chi connectivity index (χ2v) is 3.71. The maximum Gasteiger partial charge on any atom is 0.417 e. The Hall–Kier alpha value is -0.0600. The molecular formula is C7H3Cl2F3S. The van der Waals surface area contributed by atoms with Crippen LogP contribution in [-0.4, -0.2) is 0 Å². The number of benzene rings is 1. The molecule has 1 aromatic rings. The van der Waals surface area contributed by atoms with Crippen molar-refractivity contribution in [3.05, 3.63) is 28.8 Å². The highest BCUT2D eigenvalue weighted by Crippen LogP contribution is 2.39. The molecule has 0 saturated heterocycles. The molecule has 13 heavy (non-hydrogen) atoms. The average Bonchev–Trinajstić information content (AvgIpc) is 2.03. The van der Waals surface area contributed by atoms with Crippen LogP contribution in [-0.2, 0) is 6.18 Å². The van der Waals surface area contributed by atoms with Gasteiger partial charge in [0.15, 0.2) is 0 Å². The minimum Gasteiger partial charge on any atom is -0.166 e. The van der Waals surface area contributed by atoms with Gasteiger partial charge in [0.1, 0.15) is 0 Å². The molecule has 0 unspecified atom stereocenters. The number of hydrogen-bond donors (Lipinski definition) is 0. The van der Waals surface area contributed by atoms with Crippen molar-refractivity contribution in [2.24, 2.45) is 0 Å². The van der Waals surface area contributed by atoms with E-state index in [1.165, 1.54) is 12.1 Å². The Bertz CT molecular complexity index is 311. The molecule has 0 aromatic heterocycles. The molecule has 6 heteroatoms. The topological polar surface area (TPSA) is 0 Å². The summed E-state index contributed by atoms with van der Waals surface area (Å²) in [5.41, 5.74) is -0.806.